The van der Waals surface area contributed by atoms with Crippen LogP contribution in [0.1, 0.15) is 65.7 Å². The molecule has 1 amide bonds. The molecule has 2 N–H and O–H groups in total. The Bertz CT molecular complexity index is 1050. The molecular weight excluding hydrogens is 491 g/mol. The molecule has 1 aliphatic heterocycles. The van der Waals surface area contributed by atoms with E-state index in [2.05, 4.69) is 44.7 Å². The maximum atomic E-state index is 12.8. The van der Waals surface area contributed by atoms with Gasteiger partial charge in [0.25, 0.3) is 5.91 Å². The van der Waals surface area contributed by atoms with Crippen LogP contribution in [0.3, 0.4) is 0 Å². The molecule has 1 saturated heterocycles. The van der Waals surface area contributed by atoms with Crippen LogP contribution >= 0.6 is 0 Å². The Balaban J connectivity index is 1.53. The van der Waals surface area contributed by atoms with E-state index in [4.69, 9.17) is 10.5 Å². The Hall–Kier alpha value is -2.58. The highest BCUT2D eigenvalue weighted by Crippen LogP contribution is 2.30. The number of nitrogens with zero attached hydrogens (tertiary/aromatic N) is 2. The number of halogens is 3. The van der Waals surface area contributed by atoms with Gasteiger partial charge in [-0.05, 0) is 92.6 Å². The zero-order chi connectivity index (χ0) is 27.9. The second-order valence-electron chi connectivity index (χ2n) is 10.4. The lowest BCUT2D eigenvalue weighted by Gasteiger charge is -2.35. The topological polar surface area (TPSA) is 58.8 Å². The van der Waals surface area contributed by atoms with Gasteiger partial charge in [0.1, 0.15) is 11.9 Å². The average molecular weight is 534 g/mol. The number of nitrogens with two attached hydrogens (primary N) is 1. The van der Waals surface area contributed by atoms with Crippen molar-refractivity contribution in [3.8, 4) is 5.75 Å². The zero-order valence-corrected chi connectivity index (χ0v) is 23.1. The Kier molecular flexibility index (Phi) is 10.6. The van der Waals surface area contributed by atoms with Crippen molar-refractivity contribution in [3.63, 3.8) is 0 Å². The highest BCUT2D eigenvalue weighted by molar-refractivity contribution is 5.94. The number of amides is 1. The molecule has 2 unspecified atom stereocenters. The van der Waals surface area contributed by atoms with E-state index in [-0.39, 0.29) is 12.0 Å². The van der Waals surface area contributed by atoms with E-state index in [1.54, 1.807) is 4.90 Å². The van der Waals surface area contributed by atoms with Gasteiger partial charge in [-0.3, -0.25) is 9.69 Å². The fourth-order valence-electron chi connectivity index (χ4n) is 4.89. The molecule has 210 valence electrons. The summed E-state index contributed by atoms with van der Waals surface area (Å²) in [4.78, 5) is 16.8. The lowest BCUT2D eigenvalue weighted by Crippen LogP contribution is -2.49. The first-order valence-electron chi connectivity index (χ1n) is 13.7. The van der Waals surface area contributed by atoms with Crippen molar-refractivity contribution in [2.24, 2.45) is 11.7 Å². The fraction of sp³-hybridized carbons (Fsp3) is 0.567. The Morgan fingerprint density at radius 3 is 2.26 bits per heavy atom. The summed E-state index contributed by atoms with van der Waals surface area (Å²) >= 11 is 0. The molecule has 2 aromatic rings. The molecule has 8 heteroatoms. The summed E-state index contributed by atoms with van der Waals surface area (Å²) < 4.78 is 44.9. The van der Waals surface area contributed by atoms with Gasteiger partial charge in [-0.2, -0.15) is 13.2 Å². The standard InChI is InChI=1S/C30H42F3N3O2/c1-5-21(2)27(7-6-15-34)38-28-13-10-24(22(3)23(28)4)14-16-35-17-19-36(20-18-35)29(37)25-8-11-26(12-9-25)30(31,32)33/h8-13,21,27H,5-7,14-20,34H2,1-4H3. The normalized spacial score (nSPS) is 16.4. The number of hydrogen-bond donors (Lipinski definition) is 1. The van der Waals surface area contributed by atoms with E-state index >= 15 is 0 Å². The van der Waals surface area contributed by atoms with E-state index in [0.717, 1.165) is 63.2 Å². The molecule has 0 radical (unpaired) electrons. The van der Waals surface area contributed by atoms with Gasteiger partial charge in [-0.15, -0.1) is 0 Å². The molecule has 0 saturated carbocycles. The number of benzene rings is 2. The maximum absolute atomic E-state index is 12.8. The van der Waals surface area contributed by atoms with Gasteiger partial charge < -0.3 is 15.4 Å². The summed E-state index contributed by atoms with van der Waals surface area (Å²) in [6.07, 6.45) is -0.365. The first kappa shape index (κ1) is 30.0. The van der Waals surface area contributed by atoms with E-state index in [1.807, 2.05) is 0 Å². The van der Waals surface area contributed by atoms with Crippen molar-refractivity contribution in [1.82, 2.24) is 9.80 Å². The average Bonchev–Trinajstić information content (AvgIpc) is 2.91. The van der Waals surface area contributed by atoms with Gasteiger partial charge in [0.15, 0.2) is 0 Å². The first-order valence-corrected chi connectivity index (χ1v) is 13.7. The number of rotatable bonds is 11. The lowest BCUT2D eigenvalue weighted by molar-refractivity contribution is -0.137. The second kappa shape index (κ2) is 13.5. The van der Waals surface area contributed by atoms with Crippen molar-refractivity contribution in [1.29, 1.82) is 0 Å². The van der Waals surface area contributed by atoms with Crippen LogP contribution in [-0.2, 0) is 12.6 Å². The lowest BCUT2D eigenvalue weighted by atomic mass is 9.96. The molecule has 5 nitrogen and oxygen atoms in total. The number of piperazine rings is 1. The van der Waals surface area contributed by atoms with E-state index in [0.29, 0.717) is 31.1 Å². The number of carbonyl (C=O) groups excluding carboxylic acids is 1. The van der Waals surface area contributed by atoms with Crippen LogP contribution in [0.4, 0.5) is 13.2 Å². The predicted molar refractivity (Wildman–Crippen MR) is 146 cm³/mol. The summed E-state index contributed by atoms with van der Waals surface area (Å²) in [7, 11) is 0. The zero-order valence-electron chi connectivity index (χ0n) is 23.1. The van der Waals surface area contributed by atoms with Crippen LogP contribution < -0.4 is 10.5 Å². The maximum Gasteiger partial charge on any atom is 0.416 e. The Morgan fingerprint density at radius 1 is 1.03 bits per heavy atom. The highest BCUT2D eigenvalue weighted by atomic mass is 19.4. The summed E-state index contributed by atoms with van der Waals surface area (Å²) in [6.45, 7) is 12.8. The number of ether oxygens (including phenoxy) is 1. The molecule has 0 bridgehead atoms. The summed E-state index contributed by atoms with van der Waals surface area (Å²) in [6, 6.07) is 8.72. The van der Waals surface area contributed by atoms with Gasteiger partial charge in [0, 0.05) is 38.3 Å². The van der Waals surface area contributed by atoms with E-state index in [1.165, 1.54) is 28.8 Å². The van der Waals surface area contributed by atoms with Crippen LogP contribution in [-0.4, -0.2) is 61.1 Å². The van der Waals surface area contributed by atoms with Crippen molar-refractivity contribution in [2.75, 3.05) is 39.3 Å². The van der Waals surface area contributed by atoms with Crippen LogP contribution in [0, 0.1) is 19.8 Å². The van der Waals surface area contributed by atoms with Crippen molar-refractivity contribution in [2.45, 2.75) is 65.7 Å². The molecule has 1 heterocycles. The van der Waals surface area contributed by atoms with Crippen molar-refractivity contribution >= 4 is 5.91 Å². The summed E-state index contributed by atoms with van der Waals surface area (Å²) in [5, 5.41) is 0. The third kappa shape index (κ3) is 7.73. The monoisotopic (exact) mass is 533 g/mol. The molecule has 2 atom stereocenters. The number of carbonyl (C=O) groups is 1. The quantitative estimate of drug-likeness (QED) is 0.393. The fourth-order valence-corrected chi connectivity index (χ4v) is 4.89. The Morgan fingerprint density at radius 2 is 1.68 bits per heavy atom. The number of alkyl halides is 3. The predicted octanol–water partition coefficient (Wildman–Crippen LogP) is 5.86. The smallest absolute Gasteiger partial charge is 0.416 e. The molecule has 38 heavy (non-hydrogen) atoms. The Labute approximate surface area is 225 Å². The van der Waals surface area contributed by atoms with Gasteiger partial charge in [0.05, 0.1) is 5.56 Å². The molecule has 2 aromatic carbocycles. The molecule has 0 spiro atoms. The van der Waals surface area contributed by atoms with Crippen LogP contribution in [0.25, 0.3) is 0 Å². The van der Waals surface area contributed by atoms with Gasteiger partial charge in [-0.1, -0.05) is 26.3 Å². The largest absolute Gasteiger partial charge is 0.490 e. The molecule has 3 rings (SSSR count). The van der Waals surface area contributed by atoms with Crippen LogP contribution in [0.2, 0.25) is 0 Å². The third-order valence-electron chi connectivity index (χ3n) is 7.92. The van der Waals surface area contributed by atoms with Gasteiger partial charge >= 0.3 is 6.18 Å². The first-order chi connectivity index (χ1) is 18.0. The van der Waals surface area contributed by atoms with E-state index in [9.17, 15) is 18.0 Å². The third-order valence-corrected chi connectivity index (χ3v) is 7.92. The van der Waals surface area contributed by atoms with E-state index < -0.39 is 11.7 Å². The van der Waals surface area contributed by atoms with Crippen molar-refractivity contribution in [3.05, 3.63) is 64.2 Å². The summed E-state index contributed by atoms with van der Waals surface area (Å²) in [5.41, 5.74) is 9.00. The van der Waals surface area contributed by atoms with Gasteiger partial charge in [-0.25, -0.2) is 0 Å². The molecule has 0 aliphatic carbocycles. The minimum atomic E-state index is -4.40. The van der Waals surface area contributed by atoms with Crippen LogP contribution in [0.15, 0.2) is 36.4 Å². The molecule has 1 fully saturated rings. The second-order valence-corrected chi connectivity index (χ2v) is 10.4. The highest BCUT2D eigenvalue weighted by Gasteiger charge is 2.31. The molecule has 1 aliphatic rings. The molecular formula is C30H42F3N3O2. The minimum absolute atomic E-state index is 0.161. The van der Waals surface area contributed by atoms with Crippen molar-refractivity contribution < 1.29 is 22.7 Å². The van der Waals surface area contributed by atoms with Crippen LogP contribution in [0.5, 0.6) is 5.75 Å². The number of hydrogen-bond acceptors (Lipinski definition) is 4. The SMILES string of the molecule is CCC(C)C(CCCN)Oc1ccc(CCN2CCN(C(=O)c3ccc(C(F)(F)F)cc3)CC2)c(C)c1C. The minimum Gasteiger partial charge on any atom is -0.490 e. The summed E-state index contributed by atoms with van der Waals surface area (Å²) in [5.74, 6) is 1.19. The molecule has 0 aromatic heterocycles. The van der Waals surface area contributed by atoms with Gasteiger partial charge in [0.2, 0.25) is 0 Å².